The van der Waals surface area contributed by atoms with E-state index in [9.17, 15) is 9.59 Å². The zero-order valence-corrected chi connectivity index (χ0v) is 17.2. The molecule has 0 bridgehead atoms. The number of nitrogens with one attached hydrogen (secondary N) is 1. The smallest absolute Gasteiger partial charge is 0.303 e. The molecular formula is C23H30N2O5. The highest BCUT2D eigenvalue weighted by Crippen LogP contribution is 2.24. The van der Waals surface area contributed by atoms with E-state index in [0.717, 1.165) is 56.0 Å². The minimum atomic E-state index is -0.761. The first-order valence-corrected chi connectivity index (χ1v) is 10.6. The number of amides is 1. The van der Waals surface area contributed by atoms with Crippen molar-refractivity contribution >= 4 is 17.8 Å². The number of anilines is 1. The molecule has 0 saturated carbocycles. The van der Waals surface area contributed by atoms with Crippen molar-refractivity contribution in [3.8, 4) is 5.75 Å². The molecule has 30 heavy (non-hydrogen) atoms. The Kier molecular flexibility index (Phi) is 8.18. The highest BCUT2D eigenvalue weighted by atomic mass is 16.5. The lowest BCUT2D eigenvalue weighted by Crippen LogP contribution is -2.40. The van der Waals surface area contributed by atoms with Gasteiger partial charge in [-0.1, -0.05) is 18.2 Å². The topological polar surface area (TPSA) is 92.0 Å². The molecule has 7 heteroatoms. The van der Waals surface area contributed by atoms with Crippen LogP contribution in [0.3, 0.4) is 0 Å². The number of piperidine rings is 1. The van der Waals surface area contributed by atoms with Crippen molar-refractivity contribution in [2.45, 2.75) is 45.1 Å². The minimum Gasteiger partial charge on any atom is -0.493 e. The number of carboxylic acid groups (broad SMARTS) is 1. The normalized spacial score (nSPS) is 14.5. The number of nitrogens with zero attached hydrogens (tertiary/aromatic N) is 1. The van der Waals surface area contributed by atoms with Crippen LogP contribution in [-0.4, -0.2) is 36.7 Å². The number of carboxylic acids is 1. The van der Waals surface area contributed by atoms with Crippen molar-refractivity contribution in [2.75, 3.05) is 24.6 Å². The molecule has 0 aliphatic carbocycles. The van der Waals surface area contributed by atoms with Crippen molar-refractivity contribution in [1.29, 1.82) is 0 Å². The molecule has 1 amide bonds. The van der Waals surface area contributed by atoms with Gasteiger partial charge >= 0.3 is 5.97 Å². The fourth-order valence-corrected chi connectivity index (χ4v) is 3.67. The highest BCUT2D eigenvalue weighted by molar-refractivity contribution is 5.79. The number of hydrogen-bond donors (Lipinski definition) is 2. The van der Waals surface area contributed by atoms with E-state index in [2.05, 4.69) is 10.2 Å². The molecule has 1 aromatic heterocycles. The maximum Gasteiger partial charge on any atom is 0.303 e. The van der Waals surface area contributed by atoms with Gasteiger partial charge in [0.2, 0.25) is 5.91 Å². The van der Waals surface area contributed by atoms with Crippen LogP contribution in [0, 0.1) is 5.92 Å². The Morgan fingerprint density at radius 1 is 1.10 bits per heavy atom. The summed E-state index contributed by atoms with van der Waals surface area (Å²) in [5.41, 5.74) is 0.949. The Morgan fingerprint density at radius 3 is 2.63 bits per heavy atom. The summed E-state index contributed by atoms with van der Waals surface area (Å²) in [6, 6.07) is 11.5. The summed E-state index contributed by atoms with van der Waals surface area (Å²) in [6.07, 6.45) is 5.77. The zero-order chi connectivity index (χ0) is 21.2. The summed E-state index contributed by atoms with van der Waals surface area (Å²) >= 11 is 0. The third-order valence-corrected chi connectivity index (χ3v) is 5.40. The van der Waals surface area contributed by atoms with Crippen LogP contribution in [0.15, 0.2) is 47.1 Å². The summed E-state index contributed by atoms with van der Waals surface area (Å²) in [5, 5.41) is 11.7. The Balaban J connectivity index is 1.40. The van der Waals surface area contributed by atoms with Gasteiger partial charge in [0.15, 0.2) is 5.88 Å². The van der Waals surface area contributed by atoms with Crippen LogP contribution in [0.2, 0.25) is 0 Å². The van der Waals surface area contributed by atoms with Gasteiger partial charge in [-0.25, -0.2) is 0 Å². The number of para-hydroxylation sites is 1. The zero-order valence-electron chi connectivity index (χ0n) is 17.2. The lowest BCUT2D eigenvalue weighted by molar-refractivity contribution is -0.137. The first kappa shape index (κ1) is 21.7. The molecule has 1 aliphatic rings. The van der Waals surface area contributed by atoms with Crippen molar-refractivity contribution in [3.63, 3.8) is 0 Å². The lowest BCUT2D eigenvalue weighted by Gasteiger charge is -2.31. The standard InChI is InChI=1S/C23H30N2O5/c26-22(27)10-2-1-5-15-29-20-8-4-3-7-19(20)17-24-23(28)18-11-13-25(14-12-18)21-9-6-16-30-21/h3-4,6-9,16,18H,1-2,5,10-15,17H2,(H,24,28)(H,26,27). The number of furan rings is 1. The number of carbonyl (C=O) groups is 2. The fourth-order valence-electron chi connectivity index (χ4n) is 3.67. The number of rotatable bonds is 11. The van der Waals surface area contributed by atoms with Crippen molar-refractivity contribution in [1.82, 2.24) is 5.32 Å². The average molecular weight is 415 g/mol. The molecule has 2 N–H and O–H groups in total. The van der Waals surface area contributed by atoms with Crippen LogP contribution < -0.4 is 15.0 Å². The third kappa shape index (κ3) is 6.54. The van der Waals surface area contributed by atoms with E-state index >= 15 is 0 Å². The molecule has 2 heterocycles. The first-order chi connectivity index (χ1) is 14.6. The maximum atomic E-state index is 12.6. The van der Waals surface area contributed by atoms with E-state index in [1.807, 2.05) is 36.4 Å². The van der Waals surface area contributed by atoms with Gasteiger partial charge in [0, 0.05) is 43.6 Å². The van der Waals surface area contributed by atoms with Gasteiger partial charge in [0.05, 0.1) is 12.9 Å². The van der Waals surface area contributed by atoms with Gasteiger partial charge in [-0.2, -0.15) is 0 Å². The Hall–Kier alpha value is -2.96. The molecule has 1 saturated heterocycles. The second-order valence-corrected chi connectivity index (χ2v) is 7.59. The summed E-state index contributed by atoms with van der Waals surface area (Å²) in [4.78, 5) is 25.3. The molecule has 7 nitrogen and oxygen atoms in total. The van der Waals surface area contributed by atoms with E-state index in [-0.39, 0.29) is 18.2 Å². The number of carbonyl (C=O) groups excluding carboxylic acids is 1. The lowest BCUT2D eigenvalue weighted by atomic mass is 9.96. The maximum absolute atomic E-state index is 12.6. The van der Waals surface area contributed by atoms with Gasteiger partial charge in [-0.3, -0.25) is 9.59 Å². The summed E-state index contributed by atoms with van der Waals surface area (Å²) < 4.78 is 11.3. The van der Waals surface area contributed by atoms with Gasteiger partial charge in [0.1, 0.15) is 5.75 Å². The van der Waals surface area contributed by atoms with Crippen LogP contribution in [-0.2, 0) is 16.1 Å². The predicted molar refractivity (Wildman–Crippen MR) is 114 cm³/mol. The molecule has 1 aromatic carbocycles. The van der Waals surface area contributed by atoms with E-state index in [0.29, 0.717) is 19.6 Å². The minimum absolute atomic E-state index is 0.0125. The monoisotopic (exact) mass is 414 g/mol. The molecule has 3 rings (SSSR count). The Labute approximate surface area is 177 Å². The number of ether oxygens (including phenoxy) is 1. The number of hydrogen-bond acceptors (Lipinski definition) is 5. The second kappa shape index (κ2) is 11.3. The number of unbranched alkanes of at least 4 members (excludes halogenated alkanes) is 2. The quantitative estimate of drug-likeness (QED) is 0.543. The molecule has 2 aromatic rings. The molecular weight excluding hydrogens is 384 g/mol. The van der Waals surface area contributed by atoms with Crippen LogP contribution >= 0.6 is 0 Å². The number of aliphatic carboxylic acids is 1. The van der Waals surface area contributed by atoms with Crippen LogP contribution in [0.1, 0.15) is 44.1 Å². The molecule has 1 aliphatic heterocycles. The fraction of sp³-hybridized carbons (Fsp3) is 0.478. The van der Waals surface area contributed by atoms with Crippen LogP contribution in [0.4, 0.5) is 5.88 Å². The molecule has 162 valence electrons. The van der Waals surface area contributed by atoms with E-state index in [4.69, 9.17) is 14.3 Å². The van der Waals surface area contributed by atoms with Crippen molar-refractivity contribution < 1.29 is 23.8 Å². The molecule has 0 atom stereocenters. The predicted octanol–water partition coefficient (Wildman–Crippen LogP) is 3.84. The number of benzene rings is 1. The largest absolute Gasteiger partial charge is 0.493 e. The summed E-state index contributed by atoms with van der Waals surface area (Å²) in [7, 11) is 0. The summed E-state index contributed by atoms with van der Waals surface area (Å²) in [6.45, 7) is 2.60. The van der Waals surface area contributed by atoms with Gasteiger partial charge < -0.3 is 24.5 Å². The van der Waals surface area contributed by atoms with Gasteiger partial charge in [-0.15, -0.1) is 0 Å². The SMILES string of the molecule is O=C(O)CCCCCOc1ccccc1CNC(=O)C1CCN(c2ccco2)CC1. The third-order valence-electron chi connectivity index (χ3n) is 5.40. The van der Waals surface area contributed by atoms with Gasteiger partial charge in [-0.05, 0) is 44.2 Å². The van der Waals surface area contributed by atoms with Crippen LogP contribution in [0.25, 0.3) is 0 Å². The van der Waals surface area contributed by atoms with Crippen LogP contribution in [0.5, 0.6) is 5.75 Å². The highest BCUT2D eigenvalue weighted by Gasteiger charge is 2.26. The first-order valence-electron chi connectivity index (χ1n) is 10.6. The van der Waals surface area contributed by atoms with Crippen molar-refractivity contribution in [3.05, 3.63) is 48.2 Å². The van der Waals surface area contributed by atoms with E-state index < -0.39 is 5.97 Å². The Bertz CT molecular complexity index is 798. The Morgan fingerprint density at radius 2 is 1.90 bits per heavy atom. The van der Waals surface area contributed by atoms with Crippen molar-refractivity contribution in [2.24, 2.45) is 5.92 Å². The summed E-state index contributed by atoms with van der Waals surface area (Å²) in [5.74, 6) is 0.964. The van der Waals surface area contributed by atoms with Gasteiger partial charge in [0.25, 0.3) is 0 Å². The molecule has 1 fully saturated rings. The average Bonchev–Trinajstić information content (AvgIpc) is 3.30. The second-order valence-electron chi connectivity index (χ2n) is 7.59. The molecule has 0 unspecified atom stereocenters. The molecule has 0 spiro atoms. The molecule has 0 radical (unpaired) electrons. The van der Waals surface area contributed by atoms with E-state index in [1.165, 1.54) is 0 Å². The van der Waals surface area contributed by atoms with E-state index in [1.54, 1.807) is 6.26 Å².